The van der Waals surface area contributed by atoms with Crippen LogP contribution >= 0.6 is 0 Å². The van der Waals surface area contributed by atoms with E-state index in [0.717, 1.165) is 0 Å². The minimum Gasteiger partial charge on any atom is -0.379 e. The van der Waals surface area contributed by atoms with Gasteiger partial charge in [-0.3, -0.25) is 4.79 Å². The largest absolute Gasteiger partial charge is 0.379 e. The van der Waals surface area contributed by atoms with Gasteiger partial charge in [0, 0.05) is 18.8 Å². The molecule has 2 unspecified atom stereocenters. The predicted molar refractivity (Wildman–Crippen MR) is 92.8 cm³/mol. The highest BCUT2D eigenvalue weighted by atomic mass is 32.2. The Morgan fingerprint density at radius 2 is 1.72 bits per heavy atom. The number of carbonyl (C=O) groups excluding carboxylic acids is 1. The van der Waals surface area contributed by atoms with E-state index in [9.17, 15) is 13.2 Å². The summed E-state index contributed by atoms with van der Waals surface area (Å²) >= 11 is 0. The van der Waals surface area contributed by atoms with Crippen LogP contribution in [0.2, 0.25) is 0 Å². The smallest absolute Gasteiger partial charge is 0.243 e. The highest BCUT2D eigenvalue weighted by Crippen LogP contribution is 2.29. The van der Waals surface area contributed by atoms with E-state index in [2.05, 4.69) is 5.32 Å². The van der Waals surface area contributed by atoms with Crippen LogP contribution in [-0.2, 0) is 24.3 Å². The Morgan fingerprint density at radius 3 is 2.20 bits per heavy atom. The standard InChI is InChI=1S/C17H24N2O5S/c1-12-8-19(9-13(2)24-12)25(21,22)15-6-4-14(5-7-15)18-16(20)17(3)10-23-11-17/h4-7,12-13H,8-11H2,1-3H3,(H,18,20). The molecule has 0 saturated carbocycles. The SMILES string of the molecule is CC1CN(S(=O)(=O)c2ccc(NC(=O)C3(C)COC3)cc2)CC(C)O1. The third-order valence-corrected chi connectivity index (χ3v) is 6.37. The summed E-state index contributed by atoms with van der Waals surface area (Å²) in [6.45, 7) is 7.04. The minimum absolute atomic E-state index is 0.120. The Bertz CT molecular complexity index is 733. The number of benzene rings is 1. The number of hydrogen-bond donors (Lipinski definition) is 1. The van der Waals surface area contributed by atoms with Crippen LogP contribution in [0.15, 0.2) is 29.2 Å². The third-order valence-electron chi connectivity index (χ3n) is 4.53. The zero-order chi connectivity index (χ0) is 18.2. The fourth-order valence-electron chi connectivity index (χ4n) is 3.01. The monoisotopic (exact) mass is 368 g/mol. The first-order chi connectivity index (χ1) is 11.7. The highest BCUT2D eigenvalue weighted by Gasteiger charge is 2.41. The molecule has 2 aliphatic rings. The van der Waals surface area contributed by atoms with Gasteiger partial charge >= 0.3 is 0 Å². The number of carbonyl (C=O) groups is 1. The summed E-state index contributed by atoms with van der Waals surface area (Å²) in [7, 11) is -3.57. The van der Waals surface area contributed by atoms with Gasteiger partial charge in [-0.2, -0.15) is 4.31 Å². The third kappa shape index (κ3) is 3.72. The van der Waals surface area contributed by atoms with Crippen molar-refractivity contribution in [3.8, 4) is 0 Å². The van der Waals surface area contributed by atoms with Gasteiger partial charge in [0.05, 0.1) is 35.7 Å². The Balaban J connectivity index is 1.72. The molecule has 0 radical (unpaired) electrons. The summed E-state index contributed by atoms with van der Waals surface area (Å²) in [5.74, 6) is -0.120. The van der Waals surface area contributed by atoms with Crippen molar-refractivity contribution in [3.63, 3.8) is 0 Å². The number of morpholine rings is 1. The van der Waals surface area contributed by atoms with Crippen LogP contribution in [0.4, 0.5) is 5.69 Å². The van der Waals surface area contributed by atoms with Crippen LogP contribution in [0.3, 0.4) is 0 Å². The van der Waals surface area contributed by atoms with Crippen molar-refractivity contribution in [3.05, 3.63) is 24.3 Å². The molecule has 1 amide bonds. The fraction of sp³-hybridized carbons (Fsp3) is 0.588. The molecule has 1 aromatic carbocycles. The Kier molecular flexibility index (Phi) is 4.89. The van der Waals surface area contributed by atoms with Crippen LogP contribution in [0.1, 0.15) is 20.8 Å². The first-order valence-corrected chi connectivity index (χ1v) is 9.80. The first kappa shape index (κ1) is 18.3. The summed E-state index contributed by atoms with van der Waals surface area (Å²) in [4.78, 5) is 12.4. The van der Waals surface area contributed by atoms with Gasteiger partial charge in [-0.15, -0.1) is 0 Å². The van der Waals surface area contributed by atoms with Gasteiger partial charge in [-0.25, -0.2) is 8.42 Å². The van der Waals surface area contributed by atoms with Gasteiger partial charge in [0.25, 0.3) is 0 Å². The number of nitrogens with zero attached hydrogens (tertiary/aromatic N) is 1. The van der Waals surface area contributed by atoms with Crippen LogP contribution in [-0.4, -0.2) is 57.1 Å². The number of amides is 1. The van der Waals surface area contributed by atoms with Gasteiger partial charge in [0.1, 0.15) is 0 Å². The van der Waals surface area contributed by atoms with Crippen molar-refractivity contribution in [1.29, 1.82) is 0 Å². The van der Waals surface area contributed by atoms with E-state index in [0.29, 0.717) is 32.0 Å². The number of sulfonamides is 1. The van der Waals surface area contributed by atoms with Crippen molar-refractivity contribution in [2.45, 2.75) is 37.9 Å². The molecule has 3 rings (SSSR count). The van der Waals surface area contributed by atoms with Crippen molar-refractivity contribution >= 4 is 21.6 Å². The molecule has 1 N–H and O–H groups in total. The zero-order valence-corrected chi connectivity index (χ0v) is 15.5. The average Bonchev–Trinajstić information content (AvgIpc) is 2.52. The molecule has 2 heterocycles. The lowest BCUT2D eigenvalue weighted by Gasteiger charge is -2.36. The highest BCUT2D eigenvalue weighted by molar-refractivity contribution is 7.89. The second kappa shape index (κ2) is 6.68. The molecule has 25 heavy (non-hydrogen) atoms. The maximum atomic E-state index is 12.8. The van der Waals surface area contributed by atoms with Gasteiger partial charge in [-0.1, -0.05) is 0 Å². The predicted octanol–water partition coefficient (Wildman–Crippen LogP) is 1.46. The van der Waals surface area contributed by atoms with Crippen LogP contribution < -0.4 is 5.32 Å². The molecule has 0 bridgehead atoms. The summed E-state index contributed by atoms with van der Waals surface area (Å²) < 4.78 is 37.7. The van der Waals surface area contributed by atoms with Gasteiger partial charge in [-0.05, 0) is 45.0 Å². The Labute approximate surface area is 148 Å². The molecule has 8 heteroatoms. The maximum Gasteiger partial charge on any atom is 0.243 e. The molecule has 1 aromatic rings. The van der Waals surface area contributed by atoms with Gasteiger partial charge in [0.15, 0.2) is 0 Å². The van der Waals surface area contributed by atoms with E-state index in [1.165, 1.54) is 16.4 Å². The molecule has 2 atom stereocenters. The molecule has 0 aliphatic carbocycles. The fourth-order valence-corrected chi connectivity index (χ4v) is 4.60. The number of anilines is 1. The summed E-state index contributed by atoms with van der Waals surface area (Å²) in [5.41, 5.74) is 0.0611. The first-order valence-electron chi connectivity index (χ1n) is 8.36. The van der Waals surface area contributed by atoms with Crippen molar-refractivity contribution in [2.24, 2.45) is 5.41 Å². The molecular formula is C17H24N2O5S. The zero-order valence-electron chi connectivity index (χ0n) is 14.7. The second-order valence-corrected chi connectivity index (χ2v) is 9.05. The molecular weight excluding hydrogens is 344 g/mol. The van der Waals surface area contributed by atoms with Crippen LogP contribution in [0.25, 0.3) is 0 Å². The number of nitrogens with one attached hydrogen (secondary N) is 1. The van der Waals surface area contributed by atoms with Crippen LogP contribution in [0, 0.1) is 5.41 Å². The topological polar surface area (TPSA) is 84.9 Å². The van der Waals surface area contributed by atoms with Crippen molar-refractivity contribution < 1.29 is 22.7 Å². The van der Waals surface area contributed by atoms with Gasteiger partial charge in [0.2, 0.25) is 15.9 Å². The van der Waals surface area contributed by atoms with Crippen molar-refractivity contribution in [1.82, 2.24) is 4.31 Å². The molecule has 2 fully saturated rings. The Hall–Kier alpha value is -1.48. The van der Waals surface area contributed by atoms with E-state index in [-0.39, 0.29) is 23.0 Å². The lowest BCUT2D eigenvalue weighted by Crippen LogP contribution is -2.49. The summed E-state index contributed by atoms with van der Waals surface area (Å²) in [6.07, 6.45) is -0.273. The van der Waals surface area contributed by atoms with E-state index >= 15 is 0 Å². The molecule has 0 spiro atoms. The van der Waals surface area contributed by atoms with E-state index in [1.807, 2.05) is 20.8 Å². The molecule has 138 valence electrons. The second-order valence-electron chi connectivity index (χ2n) is 7.11. The summed E-state index contributed by atoms with van der Waals surface area (Å²) in [6, 6.07) is 6.27. The van der Waals surface area contributed by atoms with Gasteiger partial charge < -0.3 is 14.8 Å². The number of hydrogen-bond acceptors (Lipinski definition) is 5. The van der Waals surface area contributed by atoms with E-state index in [1.54, 1.807) is 12.1 Å². The quantitative estimate of drug-likeness (QED) is 0.870. The lowest BCUT2D eigenvalue weighted by atomic mass is 9.87. The lowest BCUT2D eigenvalue weighted by molar-refractivity contribution is -0.151. The minimum atomic E-state index is -3.57. The van der Waals surface area contributed by atoms with E-state index in [4.69, 9.17) is 9.47 Å². The molecule has 7 nitrogen and oxygen atoms in total. The number of ether oxygens (including phenoxy) is 2. The normalized spacial score (nSPS) is 26.7. The Morgan fingerprint density at radius 1 is 1.16 bits per heavy atom. The molecule has 2 saturated heterocycles. The number of rotatable bonds is 4. The maximum absolute atomic E-state index is 12.8. The molecule has 2 aliphatic heterocycles. The molecule has 0 aromatic heterocycles. The van der Waals surface area contributed by atoms with E-state index < -0.39 is 15.4 Å². The summed E-state index contributed by atoms with van der Waals surface area (Å²) in [5, 5.41) is 2.81. The average molecular weight is 368 g/mol. The van der Waals surface area contributed by atoms with Crippen LogP contribution in [0.5, 0.6) is 0 Å². The van der Waals surface area contributed by atoms with Crippen molar-refractivity contribution in [2.75, 3.05) is 31.6 Å².